The molecule has 0 unspecified atom stereocenters. The van der Waals surface area contributed by atoms with Gasteiger partial charge >= 0.3 is 5.97 Å². The van der Waals surface area contributed by atoms with E-state index in [-0.39, 0.29) is 12.2 Å². The summed E-state index contributed by atoms with van der Waals surface area (Å²) < 4.78 is 19.9. The van der Waals surface area contributed by atoms with E-state index in [1.54, 1.807) is 13.0 Å². The molecule has 0 aliphatic carbocycles. The first-order valence-corrected chi connectivity index (χ1v) is 7.20. The molecule has 2 aromatic heterocycles. The Hall–Kier alpha value is -2.67. The molecule has 6 nitrogen and oxygen atoms in total. The van der Waals surface area contributed by atoms with E-state index >= 15 is 0 Å². The molecule has 8 heteroatoms. The number of hydrogen-bond donors (Lipinski definition) is 1. The second-order valence-corrected chi connectivity index (χ2v) is 5.00. The van der Waals surface area contributed by atoms with Gasteiger partial charge in [0.1, 0.15) is 11.4 Å². The summed E-state index contributed by atoms with van der Waals surface area (Å²) >= 11 is 6.07. The maximum atomic E-state index is 13.5. The minimum absolute atomic E-state index is 0.170. The molecule has 118 valence electrons. The van der Waals surface area contributed by atoms with Crippen LogP contribution in [0, 0.1) is 5.82 Å². The second kappa shape index (κ2) is 6.21. The fourth-order valence-electron chi connectivity index (χ4n) is 2.07. The van der Waals surface area contributed by atoms with Crippen LogP contribution in [0.4, 0.5) is 15.9 Å². The molecule has 0 saturated heterocycles. The summed E-state index contributed by atoms with van der Waals surface area (Å²) in [5.74, 6) is -0.723. The van der Waals surface area contributed by atoms with Crippen molar-refractivity contribution in [3.05, 3.63) is 53.1 Å². The van der Waals surface area contributed by atoms with Crippen LogP contribution in [0.1, 0.15) is 17.3 Å². The van der Waals surface area contributed by atoms with Crippen molar-refractivity contribution in [1.29, 1.82) is 0 Å². The molecule has 0 aliphatic rings. The molecule has 1 N–H and O–H groups in total. The van der Waals surface area contributed by atoms with E-state index in [0.29, 0.717) is 22.2 Å². The number of nitrogens with one attached hydrogen (secondary N) is 1. The number of aromatic nitrogens is 3. The number of rotatable bonds is 4. The van der Waals surface area contributed by atoms with Crippen molar-refractivity contribution < 1.29 is 13.9 Å². The third-order valence-electron chi connectivity index (χ3n) is 3.09. The van der Waals surface area contributed by atoms with Crippen LogP contribution >= 0.6 is 11.6 Å². The summed E-state index contributed by atoms with van der Waals surface area (Å²) in [5.41, 5.74) is 0.997. The standard InChI is InChI=1S/C15H12ClFN4O2/c1-2-23-15(22)10-8-18-13-5-6-19-21(13)14(10)20-12-7-9(17)3-4-11(12)16/h3-8,20H,2H2,1H3. The predicted octanol–water partition coefficient (Wildman–Crippen LogP) is 3.44. The van der Waals surface area contributed by atoms with Gasteiger partial charge in [-0.05, 0) is 25.1 Å². The molecule has 0 fully saturated rings. The number of nitrogens with zero attached hydrogens (tertiary/aromatic N) is 3. The highest BCUT2D eigenvalue weighted by Gasteiger charge is 2.18. The number of carbonyl (C=O) groups is 1. The lowest BCUT2D eigenvalue weighted by Crippen LogP contribution is -2.13. The largest absolute Gasteiger partial charge is 0.462 e. The van der Waals surface area contributed by atoms with Crippen LogP contribution in [-0.2, 0) is 4.74 Å². The molecule has 0 saturated carbocycles. The van der Waals surface area contributed by atoms with Gasteiger partial charge in [-0.25, -0.2) is 14.2 Å². The minimum atomic E-state index is -0.563. The first kappa shape index (κ1) is 15.2. The lowest BCUT2D eigenvalue weighted by atomic mass is 10.2. The van der Waals surface area contributed by atoms with Gasteiger partial charge in [-0.15, -0.1) is 0 Å². The van der Waals surface area contributed by atoms with E-state index in [2.05, 4.69) is 15.4 Å². The average molecular weight is 335 g/mol. The third kappa shape index (κ3) is 2.95. The highest BCUT2D eigenvalue weighted by molar-refractivity contribution is 6.33. The molecular weight excluding hydrogens is 323 g/mol. The summed E-state index contributed by atoms with van der Waals surface area (Å²) in [6.07, 6.45) is 2.92. The molecule has 0 amide bonds. The summed E-state index contributed by atoms with van der Waals surface area (Å²) in [7, 11) is 0. The van der Waals surface area contributed by atoms with Crippen molar-refractivity contribution in [3.63, 3.8) is 0 Å². The lowest BCUT2D eigenvalue weighted by molar-refractivity contribution is 0.0526. The number of benzene rings is 1. The number of ether oxygens (including phenoxy) is 1. The highest BCUT2D eigenvalue weighted by Crippen LogP contribution is 2.28. The smallest absolute Gasteiger partial charge is 0.343 e. The molecule has 2 heterocycles. The summed E-state index contributed by atoms with van der Waals surface area (Å²) in [5, 5.41) is 7.36. The Balaban J connectivity index is 2.13. The second-order valence-electron chi connectivity index (χ2n) is 4.59. The molecule has 0 bridgehead atoms. The van der Waals surface area contributed by atoms with Crippen LogP contribution in [0.2, 0.25) is 5.02 Å². The van der Waals surface area contributed by atoms with Gasteiger partial charge < -0.3 is 10.1 Å². The van der Waals surface area contributed by atoms with Gasteiger partial charge in [0, 0.05) is 12.3 Å². The van der Waals surface area contributed by atoms with Crippen LogP contribution < -0.4 is 5.32 Å². The average Bonchev–Trinajstić information content (AvgIpc) is 3.00. The zero-order valence-corrected chi connectivity index (χ0v) is 12.8. The van der Waals surface area contributed by atoms with Crippen molar-refractivity contribution >= 4 is 34.7 Å². The van der Waals surface area contributed by atoms with Gasteiger partial charge in [0.25, 0.3) is 0 Å². The van der Waals surface area contributed by atoms with Crippen molar-refractivity contribution in [1.82, 2.24) is 14.6 Å². The Morgan fingerprint density at radius 2 is 2.26 bits per heavy atom. The van der Waals surface area contributed by atoms with Gasteiger partial charge in [-0.3, -0.25) is 0 Å². The van der Waals surface area contributed by atoms with Crippen molar-refractivity contribution in [2.75, 3.05) is 11.9 Å². The number of fused-ring (bicyclic) bond motifs is 1. The maximum Gasteiger partial charge on any atom is 0.343 e. The summed E-state index contributed by atoms with van der Waals surface area (Å²) in [6, 6.07) is 5.57. The fraction of sp³-hybridized carbons (Fsp3) is 0.133. The van der Waals surface area contributed by atoms with Gasteiger partial charge in [0.15, 0.2) is 11.5 Å². The Labute approximate surface area is 135 Å². The highest BCUT2D eigenvalue weighted by atomic mass is 35.5. The van der Waals surface area contributed by atoms with Gasteiger partial charge in [-0.2, -0.15) is 9.61 Å². The normalized spacial score (nSPS) is 10.7. The molecule has 3 aromatic rings. The zero-order valence-electron chi connectivity index (χ0n) is 12.1. The van der Waals surface area contributed by atoms with Crippen molar-refractivity contribution in [2.24, 2.45) is 0 Å². The van der Waals surface area contributed by atoms with Crippen LogP contribution in [0.25, 0.3) is 5.65 Å². The number of esters is 1. The van der Waals surface area contributed by atoms with Gasteiger partial charge in [-0.1, -0.05) is 11.6 Å². The molecule has 0 atom stereocenters. The summed E-state index contributed by atoms with van der Waals surface area (Å²) in [6.45, 7) is 1.92. The van der Waals surface area contributed by atoms with Crippen LogP contribution in [0.15, 0.2) is 36.7 Å². The van der Waals surface area contributed by atoms with E-state index in [9.17, 15) is 9.18 Å². The topological polar surface area (TPSA) is 68.5 Å². The van der Waals surface area contributed by atoms with E-state index in [0.717, 1.165) is 0 Å². The Kier molecular flexibility index (Phi) is 4.12. The van der Waals surface area contributed by atoms with Crippen LogP contribution in [-0.4, -0.2) is 27.2 Å². The molecule has 1 aromatic carbocycles. The van der Waals surface area contributed by atoms with Crippen molar-refractivity contribution in [3.8, 4) is 0 Å². The predicted molar refractivity (Wildman–Crippen MR) is 83.6 cm³/mol. The van der Waals surface area contributed by atoms with E-state index < -0.39 is 11.8 Å². The monoisotopic (exact) mass is 334 g/mol. The van der Waals surface area contributed by atoms with E-state index in [4.69, 9.17) is 16.3 Å². The van der Waals surface area contributed by atoms with E-state index in [1.807, 2.05) is 0 Å². The van der Waals surface area contributed by atoms with E-state index in [1.165, 1.54) is 35.1 Å². The first-order valence-electron chi connectivity index (χ1n) is 6.82. The molecule has 3 rings (SSSR count). The molecular formula is C15H12ClFN4O2. The zero-order chi connectivity index (χ0) is 16.4. The Morgan fingerprint density at radius 3 is 3.04 bits per heavy atom. The first-order chi connectivity index (χ1) is 11.1. The molecule has 0 spiro atoms. The number of halogens is 2. The lowest BCUT2D eigenvalue weighted by Gasteiger charge is -2.13. The minimum Gasteiger partial charge on any atom is -0.462 e. The molecule has 0 radical (unpaired) electrons. The molecule has 0 aliphatic heterocycles. The summed E-state index contributed by atoms with van der Waals surface area (Å²) in [4.78, 5) is 16.3. The van der Waals surface area contributed by atoms with Gasteiger partial charge in [0.2, 0.25) is 0 Å². The SMILES string of the molecule is CCOC(=O)c1cnc2ccnn2c1Nc1cc(F)ccc1Cl. The fourth-order valence-corrected chi connectivity index (χ4v) is 2.24. The molecule has 23 heavy (non-hydrogen) atoms. The van der Waals surface area contributed by atoms with Crippen LogP contribution in [0.5, 0.6) is 0 Å². The Morgan fingerprint density at radius 1 is 1.43 bits per heavy atom. The number of carbonyl (C=O) groups excluding carboxylic acids is 1. The number of anilines is 2. The quantitative estimate of drug-likeness (QED) is 0.740. The van der Waals surface area contributed by atoms with Gasteiger partial charge in [0.05, 0.1) is 23.5 Å². The van der Waals surface area contributed by atoms with Crippen molar-refractivity contribution in [2.45, 2.75) is 6.92 Å². The van der Waals surface area contributed by atoms with Crippen LogP contribution in [0.3, 0.4) is 0 Å². The number of hydrogen-bond acceptors (Lipinski definition) is 5. The Bertz CT molecular complexity index is 881. The third-order valence-corrected chi connectivity index (χ3v) is 3.42. The maximum absolute atomic E-state index is 13.5.